The van der Waals surface area contributed by atoms with Gasteiger partial charge in [-0.25, -0.2) is 4.39 Å². The van der Waals surface area contributed by atoms with E-state index in [-0.39, 0.29) is 36.0 Å². The molecule has 4 aromatic rings. The third-order valence-electron chi connectivity index (χ3n) is 8.68. The highest BCUT2D eigenvalue weighted by Crippen LogP contribution is 2.36. The van der Waals surface area contributed by atoms with Crippen molar-refractivity contribution in [2.24, 2.45) is 5.73 Å². The predicted molar refractivity (Wildman–Crippen MR) is 174 cm³/mol. The summed E-state index contributed by atoms with van der Waals surface area (Å²) in [6.07, 6.45) is 3.60. The lowest BCUT2D eigenvalue weighted by molar-refractivity contribution is -0.132. The molecule has 0 spiro atoms. The number of halogens is 1. The van der Waals surface area contributed by atoms with E-state index in [0.29, 0.717) is 30.7 Å². The first-order valence-corrected chi connectivity index (χ1v) is 16.3. The maximum atomic E-state index is 14.7. The summed E-state index contributed by atoms with van der Waals surface area (Å²) in [7, 11) is 1.69. The standard InChI is InChI=1S/C35H39FN4O3S/c1-43-16-4-15-40-31-7-2-6-29(36)28(31)20-32(40)26-5-3-14-39(21-26)35(42)19-27(37)17-23-8-10-24(11-9-23)25-12-13-30-33(18-25)44-22-34(41)38-30/h2,6-13,18,20,26-27H,3-5,14-17,19,21-22,37H2,1H3,(H,38,41)/t26?,27-/m1/s1. The Labute approximate surface area is 261 Å². The maximum Gasteiger partial charge on any atom is 0.234 e. The summed E-state index contributed by atoms with van der Waals surface area (Å²) in [5.41, 5.74) is 12.6. The van der Waals surface area contributed by atoms with Crippen LogP contribution < -0.4 is 11.1 Å². The zero-order valence-electron chi connectivity index (χ0n) is 25.1. The van der Waals surface area contributed by atoms with Crippen LogP contribution in [0, 0.1) is 5.82 Å². The van der Waals surface area contributed by atoms with Crippen LogP contribution in [0.4, 0.5) is 10.1 Å². The molecule has 0 radical (unpaired) electrons. The summed E-state index contributed by atoms with van der Waals surface area (Å²) in [6, 6.07) is 21.3. The van der Waals surface area contributed by atoms with Crippen LogP contribution >= 0.6 is 11.8 Å². The number of methoxy groups -OCH3 is 1. The van der Waals surface area contributed by atoms with Gasteiger partial charge in [0.15, 0.2) is 0 Å². The lowest BCUT2D eigenvalue weighted by Crippen LogP contribution is -2.42. The van der Waals surface area contributed by atoms with Gasteiger partial charge in [0.25, 0.3) is 0 Å². The first-order chi connectivity index (χ1) is 21.4. The van der Waals surface area contributed by atoms with Crippen LogP contribution in [0.5, 0.6) is 0 Å². The number of nitrogens with two attached hydrogens (primary N) is 1. The number of aryl methyl sites for hydroxylation is 1. The fourth-order valence-electron chi connectivity index (χ4n) is 6.48. The van der Waals surface area contributed by atoms with Crippen molar-refractivity contribution in [3.05, 3.63) is 83.8 Å². The molecule has 3 N–H and O–H groups in total. The number of hydrogen-bond donors (Lipinski definition) is 2. The van der Waals surface area contributed by atoms with E-state index in [9.17, 15) is 14.0 Å². The van der Waals surface area contributed by atoms with E-state index < -0.39 is 0 Å². The Bertz CT molecular complexity index is 1650. The van der Waals surface area contributed by atoms with Crippen molar-refractivity contribution in [2.45, 2.75) is 55.5 Å². The van der Waals surface area contributed by atoms with Gasteiger partial charge in [0, 0.05) is 67.7 Å². The van der Waals surface area contributed by atoms with Crippen LogP contribution in [0.15, 0.2) is 71.6 Å². The Morgan fingerprint density at radius 2 is 1.95 bits per heavy atom. The van der Waals surface area contributed by atoms with Gasteiger partial charge >= 0.3 is 0 Å². The number of nitrogens with one attached hydrogen (secondary N) is 1. The van der Waals surface area contributed by atoms with Gasteiger partial charge in [-0.3, -0.25) is 9.59 Å². The second-order valence-electron chi connectivity index (χ2n) is 11.8. The monoisotopic (exact) mass is 614 g/mol. The van der Waals surface area contributed by atoms with E-state index in [0.717, 1.165) is 70.8 Å². The zero-order chi connectivity index (χ0) is 30.6. The molecule has 3 heterocycles. The number of carbonyl (C=O) groups is 2. The van der Waals surface area contributed by atoms with Gasteiger partial charge in [-0.15, -0.1) is 11.8 Å². The van der Waals surface area contributed by atoms with Gasteiger partial charge in [0.1, 0.15) is 5.82 Å². The summed E-state index contributed by atoms with van der Waals surface area (Å²) in [5, 5.41) is 3.55. The van der Waals surface area contributed by atoms with Crippen LogP contribution in [-0.2, 0) is 27.3 Å². The minimum Gasteiger partial charge on any atom is -0.385 e. The number of hydrogen-bond acceptors (Lipinski definition) is 5. The van der Waals surface area contributed by atoms with Crippen molar-refractivity contribution in [1.29, 1.82) is 0 Å². The van der Waals surface area contributed by atoms with E-state index in [1.54, 1.807) is 24.9 Å². The Balaban J connectivity index is 1.08. The third kappa shape index (κ3) is 6.70. The van der Waals surface area contributed by atoms with Crippen molar-refractivity contribution in [3.63, 3.8) is 0 Å². The molecule has 0 saturated carbocycles. The van der Waals surface area contributed by atoms with Crippen molar-refractivity contribution in [1.82, 2.24) is 9.47 Å². The Hall–Kier alpha value is -3.66. The summed E-state index contributed by atoms with van der Waals surface area (Å²) >= 11 is 1.55. The SMILES string of the molecule is COCCCn1c(C2CCCN(C(=O)C[C@H](N)Cc3ccc(-c4ccc5c(c4)SCC(=O)N5)cc3)C2)cc2c(F)cccc21. The van der Waals surface area contributed by atoms with Crippen LogP contribution in [0.2, 0.25) is 0 Å². The largest absolute Gasteiger partial charge is 0.385 e. The number of nitrogens with zero attached hydrogens (tertiary/aromatic N) is 2. The number of piperidine rings is 1. The molecular weight excluding hydrogens is 575 g/mol. The predicted octanol–water partition coefficient (Wildman–Crippen LogP) is 6.19. The van der Waals surface area contributed by atoms with Gasteiger partial charge in [-0.1, -0.05) is 36.4 Å². The van der Waals surface area contributed by atoms with E-state index in [4.69, 9.17) is 10.5 Å². The normalized spacial score (nSPS) is 17.4. The van der Waals surface area contributed by atoms with E-state index in [1.807, 2.05) is 29.2 Å². The summed E-state index contributed by atoms with van der Waals surface area (Å²) in [6.45, 7) is 2.72. The number of benzene rings is 3. The van der Waals surface area contributed by atoms with Gasteiger partial charge in [-0.05, 0) is 72.7 Å². The fourth-order valence-corrected chi connectivity index (χ4v) is 7.33. The van der Waals surface area contributed by atoms with Crippen molar-refractivity contribution in [2.75, 3.05) is 37.9 Å². The van der Waals surface area contributed by atoms with Crippen LogP contribution in [0.3, 0.4) is 0 Å². The van der Waals surface area contributed by atoms with Gasteiger partial charge in [0.2, 0.25) is 11.8 Å². The molecular formula is C35H39FN4O3S. The lowest BCUT2D eigenvalue weighted by atomic mass is 9.93. The Kier molecular flexibility index (Phi) is 9.35. The number of likely N-dealkylation sites (tertiary alicyclic amines) is 1. The highest BCUT2D eigenvalue weighted by Gasteiger charge is 2.28. The van der Waals surface area contributed by atoms with Gasteiger partial charge in [0.05, 0.1) is 17.0 Å². The Morgan fingerprint density at radius 1 is 1.14 bits per heavy atom. The molecule has 3 aromatic carbocycles. The summed E-state index contributed by atoms with van der Waals surface area (Å²) < 4.78 is 22.2. The van der Waals surface area contributed by atoms with Gasteiger partial charge in [-0.2, -0.15) is 0 Å². The highest BCUT2D eigenvalue weighted by molar-refractivity contribution is 8.00. The highest BCUT2D eigenvalue weighted by atomic mass is 32.2. The van der Waals surface area contributed by atoms with E-state index >= 15 is 0 Å². The van der Waals surface area contributed by atoms with E-state index in [1.165, 1.54) is 6.07 Å². The number of aromatic nitrogens is 1. The molecule has 0 aliphatic carbocycles. The number of fused-ring (bicyclic) bond motifs is 2. The molecule has 1 fully saturated rings. The molecule has 6 rings (SSSR count). The number of ether oxygens (including phenoxy) is 1. The van der Waals surface area contributed by atoms with Crippen LogP contribution in [0.25, 0.3) is 22.0 Å². The maximum absolute atomic E-state index is 14.7. The first-order valence-electron chi connectivity index (χ1n) is 15.4. The van der Waals surface area contributed by atoms with Crippen molar-refractivity contribution < 1.29 is 18.7 Å². The van der Waals surface area contributed by atoms with Crippen LogP contribution in [-0.4, -0.2) is 59.9 Å². The summed E-state index contributed by atoms with van der Waals surface area (Å²) in [4.78, 5) is 28.1. The quantitative estimate of drug-likeness (QED) is 0.208. The molecule has 1 saturated heterocycles. The molecule has 0 bridgehead atoms. The molecule has 1 unspecified atom stereocenters. The zero-order valence-corrected chi connectivity index (χ0v) is 25.9. The lowest BCUT2D eigenvalue weighted by Gasteiger charge is -2.34. The molecule has 230 valence electrons. The smallest absolute Gasteiger partial charge is 0.234 e. The second-order valence-corrected chi connectivity index (χ2v) is 12.8. The molecule has 2 amide bonds. The average molecular weight is 615 g/mol. The minimum atomic E-state index is -0.285. The molecule has 2 aliphatic heterocycles. The number of carbonyl (C=O) groups excluding carboxylic acids is 2. The fraction of sp³-hybridized carbons (Fsp3) is 0.371. The topological polar surface area (TPSA) is 89.6 Å². The summed E-state index contributed by atoms with van der Waals surface area (Å²) in [5.74, 6) is 0.468. The molecule has 44 heavy (non-hydrogen) atoms. The van der Waals surface area contributed by atoms with Crippen LogP contribution in [0.1, 0.15) is 42.9 Å². The Morgan fingerprint density at radius 3 is 2.77 bits per heavy atom. The van der Waals surface area contributed by atoms with Crippen molar-refractivity contribution >= 4 is 40.2 Å². The van der Waals surface area contributed by atoms with Gasteiger partial charge < -0.3 is 25.3 Å². The third-order valence-corrected chi connectivity index (χ3v) is 9.74. The van der Waals surface area contributed by atoms with Crippen molar-refractivity contribution in [3.8, 4) is 11.1 Å². The minimum absolute atomic E-state index is 0.0313. The number of rotatable bonds is 10. The molecule has 1 aromatic heterocycles. The van der Waals surface area contributed by atoms with E-state index in [2.05, 4.69) is 40.2 Å². The second kappa shape index (κ2) is 13.5. The number of thioether (sulfide) groups is 1. The molecule has 2 atom stereocenters. The molecule has 9 heteroatoms. The molecule has 2 aliphatic rings. The number of amides is 2. The molecule has 7 nitrogen and oxygen atoms in total. The first kappa shape index (κ1) is 30.4. The number of anilines is 1. The average Bonchev–Trinajstić information content (AvgIpc) is 3.41.